The quantitative estimate of drug-likeness (QED) is 0.227. The summed E-state index contributed by atoms with van der Waals surface area (Å²) in [6.07, 6.45) is 16.8. The first-order chi connectivity index (χ1) is 22.8. The maximum atomic E-state index is 16.9. The molecule has 2 bridgehead atoms. The number of pyridine rings is 1. The molecule has 7 nitrogen and oxygen atoms in total. The fraction of sp³-hybridized carbons (Fsp3) is 0.500. The highest BCUT2D eigenvalue weighted by molar-refractivity contribution is 6.02. The normalized spacial score (nSPS) is 31.2. The summed E-state index contributed by atoms with van der Waals surface area (Å²) in [5, 5.41) is 16.1. The molecule has 2 aromatic carbocycles. The standard InChI is InChI=1S/C38H39F2N5O2/c1-2-22-6-3-7-23-14-28(46)16-29(31(22)23)33-32(39)34-30(17-41-33)35(45-18-26-10-11-27(19-45)42-26)44-36(43-34)47-21-37-12-4-8-24(37)15-25-9-5-13-38(25,40)20-37/h1,3,6-7,14,16-17,24-27,42,46H,4-5,8-13,15,18-21H2/t24?,25-,26?,27?,37-,38-/m1/s1. The Bertz CT molecular complexity index is 1950. The van der Waals surface area contributed by atoms with E-state index in [-0.39, 0.29) is 34.3 Å². The van der Waals surface area contributed by atoms with Gasteiger partial charge in [0.25, 0.3) is 0 Å². The van der Waals surface area contributed by atoms with Crippen molar-refractivity contribution in [3.8, 4) is 35.4 Å². The molecule has 0 spiro atoms. The summed E-state index contributed by atoms with van der Waals surface area (Å²) in [6, 6.07) is 9.33. The zero-order valence-electron chi connectivity index (χ0n) is 26.4. The first-order valence-electron chi connectivity index (χ1n) is 17.2. The van der Waals surface area contributed by atoms with E-state index in [9.17, 15) is 5.11 Å². The van der Waals surface area contributed by atoms with Crippen LogP contribution in [0.25, 0.3) is 32.9 Å². The number of halogens is 2. The molecule has 2 N–H and O–H groups in total. The molecule has 6 atom stereocenters. The topological polar surface area (TPSA) is 83.4 Å². The van der Waals surface area contributed by atoms with Crippen LogP contribution in [-0.4, -0.2) is 57.5 Å². The second-order valence-corrected chi connectivity index (χ2v) is 14.9. The van der Waals surface area contributed by atoms with E-state index in [0.29, 0.717) is 70.6 Å². The van der Waals surface area contributed by atoms with Crippen molar-refractivity contribution in [2.75, 3.05) is 24.6 Å². The predicted molar refractivity (Wildman–Crippen MR) is 178 cm³/mol. The minimum atomic E-state index is -1.12. The number of piperazine rings is 1. The van der Waals surface area contributed by atoms with Crippen molar-refractivity contribution in [2.24, 2.45) is 17.3 Å². The number of benzene rings is 2. The molecule has 3 saturated carbocycles. The lowest BCUT2D eigenvalue weighted by atomic mass is 9.60. The number of rotatable bonds is 5. The molecule has 4 aromatic rings. The molecule has 9 heteroatoms. The van der Waals surface area contributed by atoms with Crippen LogP contribution in [0.15, 0.2) is 36.5 Å². The van der Waals surface area contributed by atoms with Crippen LogP contribution >= 0.6 is 0 Å². The number of terminal acetylenes is 1. The van der Waals surface area contributed by atoms with Crippen LogP contribution in [0.3, 0.4) is 0 Å². The third-order valence-corrected chi connectivity index (χ3v) is 12.2. The van der Waals surface area contributed by atoms with E-state index >= 15 is 8.78 Å². The van der Waals surface area contributed by atoms with Gasteiger partial charge in [-0.2, -0.15) is 9.97 Å². The highest BCUT2D eigenvalue weighted by Crippen LogP contribution is 2.62. The molecule has 4 heterocycles. The number of phenols is 1. The van der Waals surface area contributed by atoms with Gasteiger partial charge in [-0.3, -0.25) is 4.98 Å². The van der Waals surface area contributed by atoms with Crippen LogP contribution in [0.1, 0.15) is 69.8 Å². The van der Waals surface area contributed by atoms with Crippen LogP contribution in [0.4, 0.5) is 14.6 Å². The molecule has 0 amide bonds. The lowest BCUT2D eigenvalue weighted by Gasteiger charge is -2.47. The van der Waals surface area contributed by atoms with Crippen molar-refractivity contribution in [1.29, 1.82) is 0 Å². The molecule has 9 rings (SSSR count). The number of alkyl halides is 1. The molecule has 2 saturated heterocycles. The van der Waals surface area contributed by atoms with Crippen molar-refractivity contribution in [3.05, 3.63) is 47.9 Å². The summed E-state index contributed by atoms with van der Waals surface area (Å²) in [5.74, 6) is 3.25. The van der Waals surface area contributed by atoms with Crippen molar-refractivity contribution in [3.63, 3.8) is 0 Å². The molecule has 0 radical (unpaired) electrons. The van der Waals surface area contributed by atoms with Crippen LogP contribution in [0, 0.1) is 35.4 Å². The SMILES string of the molecule is C#Cc1cccc2cc(O)cc(-c3ncc4c(N5CC6CCC(C5)N6)nc(OC[C@]56CCCC5C[C@H]5CCC[C@@]5(F)C6)nc4c3F)c12. The average molecular weight is 636 g/mol. The lowest BCUT2D eigenvalue weighted by Crippen LogP contribution is -2.51. The fourth-order valence-electron chi connectivity index (χ4n) is 10.1. The summed E-state index contributed by atoms with van der Waals surface area (Å²) in [4.78, 5) is 16.5. The van der Waals surface area contributed by atoms with E-state index in [1.165, 1.54) is 6.07 Å². The van der Waals surface area contributed by atoms with Crippen LogP contribution < -0.4 is 15.0 Å². The summed E-state index contributed by atoms with van der Waals surface area (Å²) in [5.41, 5.74) is -0.243. The number of fused-ring (bicyclic) bond motifs is 6. The molecule has 2 aliphatic heterocycles. The van der Waals surface area contributed by atoms with Gasteiger partial charge in [0, 0.05) is 53.3 Å². The second-order valence-electron chi connectivity index (χ2n) is 14.9. The first-order valence-corrected chi connectivity index (χ1v) is 17.2. The minimum Gasteiger partial charge on any atom is -0.508 e. The van der Waals surface area contributed by atoms with Gasteiger partial charge in [-0.15, -0.1) is 6.42 Å². The molecule has 47 heavy (non-hydrogen) atoms. The number of ether oxygens (including phenoxy) is 1. The first kappa shape index (κ1) is 29.1. The zero-order chi connectivity index (χ0) is 31.9. The van der Waals surface area contributed by atoms with Crippen LogP contribution in [-0.2, 0) is 0 Å². The smallest absolute Gasteiger partial charge is 0.319 e. The Kier molecular flexibility index (Phi) is 6.66. The van der Waals surface area contributed by atoms with E-state index in [0.717, 1.165) is 64.5 Å². The van der Waals surface area contributed by atoms with Crippen molar-refractivity contribution in [2.45, 2.75) is 82.0 Å². The van der Waals surface area contributed by atoms with Crippen LogP contribution in [0.5, 0.6) is 11.8 Å². The van der Waals surface area contributed by atoms with Crippen molar-refractivity contribution in [1.82, 2.24) is 20.3 Å². The molecule has 5 aliphatic rings. The number of nitrogens with one attached hydrogen (secondary N) is 1. The van der Waals surface area contributed by atoms with Gasteiger partial charge >= 0.3 is 6.01 Å². The van der Waals surface area contributed by atoms with Gasteiger partial charge in [0.1, 0.15) is 28.4 Å². The Labute approximate surface area is 273 Å². The van der Waals surface area contributed by atoms with Gasteiger partial charge in [-0.1, -0.05) is 24.5 Å². The van der Waals surface area contributed by atoms with Gasteiger partial charge in [-0.05, 0) is 93.2 Å². The molecule has 3 unspecified atom stereocenters. The zero-order valence-corrected chi connectivity index (χ0v) is 26.4. The Hall–Kier alpha value is -4.03. The highest BCUT2D eigenvalue weighted by Gasteiger charge is 2.58. The number of anilines is 1. The van der Waals surface area contributed by atoms with Gasteiger partial charge in [0.15, 0.2) is 5.82 Å². The number of phenolic OH excluding ortho intramolecular Hbond substituents is 1. The third-order valence-electron chi connectivity index (χ3n) is 12.2. The number of hydrogen-bond donors (Lipinski definition) is 2. The Morgan fingerprint density at radius 1 is 1.06 bits per heavy atom. The lowest BCUT2D eigenvalue weighted by molar-refractivity contribution is -0.0602. The maximum absolute atomic E-state index is 16.9. The van der Waals surface area contributed by atoms with E-state index in [4.69, 9.17) is 21.1 Å². The average Bonchev–Trinajstić information content (AvgIpc) is 3.75. The predicted octanol–water partition coefficient (Wildman–Crippen LogP) is 7.08. The number of hydrogen-bond acceptors (Lipinski definition) is 7. The van der Waals surface area contributed by atoms with E-state index < -0.39 is 11.5 Å². The summed E-state index contributed by atoms with van der Waals surface area (Å²) in [6.45, 7) is 1.81. The van der Waals surface area contributed by atoms with E-state index in [1.54, 1.807) is 18.3 Å². The number of nitrogens with zero attached hydrogens (tertiary/aromatic N) is 4. The maximum Gasteiger partial charge on any atom is 0.319 e. The molecule has 242 valence electrons. The van der Waals surface area contributed by atoms with E-state index in [1.807, 2.05) is 12.1 Å². The summed E-state index contributed by atoms with van der Waals surface area (Å²) >= 11 is 0. The van der Waals surface area contributed by atoms with Gasteiger partial charge in [-0.25, -0.2) is 8.78 Å². The number of aromatic nitrogens is 3. The van der Waals surface area contributed by atoms with Gasteiger partial charge in [0.05, 0.1) is 12.0 Å². The summed E-state index contributed by atoms with van der Waals surface area (Å²) < 4.78 is 39.6. The number of aromatic hydroxyl groups is 1. The van der Waals surface area contributed by atoms with Crippen molar-refractivity contribution >= 4 is 27.5 Å². The van der Waals surface area contributed by atoms with Gasteiger partial charge < -0.3 is 20.1 Å². The Balaban J connectivity index is 1.16. The third kappa shape index (κ3) is 4.66. The van der Waals surface area contributed by atoms with E-state index in [2.05, 4.69) is 21.1 Å². The molecular weight excluding hydrogens is 596 g/mol. The second kappa shape index (κ2) is 10.7. The Morgan fingerprint density at radius 2 is 1.87 bits per heavy atom. The van der Waals surface area contributed by atoms with Crippen LogP contribution in [0.2, 0.25) is 0 Å². The molecule has 5 fully saturated rings. The summed E-state index contributed by atoms with van der Waals surface area (Å²) in [7, 11) is 0. The van der Waals surface area contributed by atoms with Gasteiger partial charge in [0.2, 0.25) is 0 Å². The fourth-order valence-corrected chi connectivity index (χ4v) is 10.1. The largest absolute Gasteiger partial charge is 0.508 e. The molecule has 3 aliphatic carbocycles. The van der Waals surface area contributed by atoms with Crippen molar-refractivity contribution < 1.29 is 18.6 Å². The molecule has 2 aromatic heterocycles. The molecular formula is C38H39F2N5O2. The highest BCUT2D eigenvalue weighted by atomic mass is 19.1. The minimum absolute atomic E-state index is 0.0142. The monoisotopic (exact) mass is 635 g/mol. The Morgan fingerprint density at radius 3 is 2.70 bits per heavy atom.